The summed E-state index contributed by atoms with van der Waals surface area (Å²) in [5.74, 6) is -0.306. The van der Waals surface area contributed by atoms with E-state index in [1.807, 2.05) is 0 Å². The fourth-order valence-electron chi connectivity index (χ4n) is 0.899. The van der Waals surface area contributed by atoms with Gasteiger partial charge in [-0.05, 0) is 18.6 Å². The molecule has 0 spiro atoms. The molecular formula is C11H14O3. The van der Waals surface area contributed by atoms with Crippen LogP contribution in [0.4, 0.5) is 0 Å². The number of furan rings is 1. The lowest BCUT2D eigenvalue weighted by Gasteiger charge is -1.98. The molecule has 0 unspecified atom stereocenters. The Labute approximate surface area is 83.4 Å². The molecule has 14 heavy (non-hydrogen) atoms. The van der Waals surface area contributed by atoms with Crippen molar-refractivity contribution in [1.82, 2.24) is 0 Å². The maximum atomic E-state index is 11.1. The van der Waals surface area contributed by atoms with E-state index in [-0.39, 0.29) is 5.97 Å². The first kappa shape index (κ1) is 10.6. The van der Waals surface area contributed by atoms with Gasteiger partial charge in [0.1, 0.15) is 0 Å². The Bertz CT molecular complexity index is 285. The molecule has 3 nitrogen and oxygen atoms in total. The van der Waals surface area contributed by atoms with Crippen molar-refractivity contribution >= 4 is 12.0 Å². The zero-order valence-electron chi connectivity index (χ0n) is 8.23. The van der Waals surface area contributed by atoms with E-state index in [1.54, 1.807) is 24.7 Å². The summed E-state index contributed by atoms with van der Waals surface area (Å²) in [7, 11) is 0. The molecule has 1 aromatic heterocycles. The lowest BCUT2D eigenvalue weighted by atomic mass is 10.3. The van der Waals surface area contributed by atoms with Gasteiger partial charge in [-0.15, -0.1) is 0 Å². The molecule has 0 aromatic carbocycles. The normalized spacial score (nSPS) is 10.6. The van der Waals surface area contributed by atoms with E-state index < -0.39 is 0 Å². The first-order valence-electron chi connectivity index (χ1n) is 4.70. The Kier molecular flexibility index (Phi) is 4.55. The Balaban J connectivity index is 2.26. The number of carbonyl (C=O) groups is 1. The van der Waals surface area contributed by atoms with Crippen molar-refractivity contribution in [3.05, 3.63) is 30.2 Å². The van der Waals surface area contributed by atoms with E-state index >= 15 is 0 Å². The van der Waals surface area contributed by atoms with E-state index in [0.717, 1.165) is 18.4 Å². The number of ether oxygens (including phenoxy) is 1. The van der Waals surface area contributed by atoms with Crippen LogP contribution in [0, 0.1) is 0 Å². The first-order valence-corrected chi connectivity index (χ1v) is 4.70. The van der Waals surface area contributed by atoms with Gasteiger partial charge in [-0.2, -0.15) is 0 Å². The van der Waals surface area contributed by atoms with Crippen LogP contribution < -0.4 is 0 Å². The summed E-state index contributed by atoms with van der Waals surface area (Å²) in [5.41, 5.74) is 0.859. The van der Waals surface area contributed by atoms with Crippen LogP contribution in [0.5, 0.6) is 0 Å². The third-order valence-corrected chi connectivity index (χ3v) is 1.70. The maximum Gasteiger partial charge on any atom is 0.330 e. The quantitative estimate of drug-likeness (QED) is 0.411. The molecule has 1 heterocycles. The second-order valence-electron chi connectivity index (χ2n) is 2.91. The minimum absolute atomic E-state index is 0.306. The third-order valence-electron chi connectivity index (χ3n) is 1.70. The van der Waals surface area contributed by atoms with Gasteiger partial charge in [0.15, 0.2) is 0 Å². The summed E-state index contributed by atoms with van der Waals surface area (Å²) < 4.78 is 9.77. The summed E-state index contributed by atoms with van der Waals surface area (Å²) in [5, 5.41) is 0. The standard InChI is InChI=1S/C11H14O3/c1-2-3-7-14-11(12)5-4-10-6-8-13-9-10/h4-6,8-9H,2-3,7H2,1H3/b5-4-. The summed E-state index contributed by atoms with van der Waals surface area (Å²) in [6, 6.07) is 1.77. The zero-order valence-corrected chi connectivity index (χ0v) is 8.23. The topological polar surface area (TPSA) is 39.4 Å². The smallest absolute Gasteiger partial charge is 0.330 e. The van der Waals surface area contributed by atoms with Crippen LogP contribution in [-0.4, -0.2) is 12.6 Å². The molecule has 0 N–H and O–H groups in total. The summed E-state index contributed by atoms with van der Waals surface area (Å²) in [6.45, 7) is 2.54. The summed E-state index contributed by atoms with van der Waals surface area (Å²) in [4.78, 5) is 11.1. The molecule has 0 aliphatic carbocycles. The zero-order chi connectivity index (χ0) is 10.2. The Morgan fingerprint density at radius 2 is 2.50 bits per heavy atom. The van der Waals surface area contributed by atoms with Gasteiger partial charge in [-0.3, -0.25) is 0 Å². The first-order chi connectivity index (χ1) is 6.83. The largest absolute Gasteiger partial charge is 0.472 e. The number of esters is 1. The van der Waals surface area contributed by atoms with E-state index in [1.165, 1.54) is 6.08 Å². The number of hydrogen-bond donors (Lipinski definition) is 0. The second-order valence-corrected chi connectivity index (χ2v) is 2.91. The molecule has 0 bridgehead atoms. The van der Waals surface area contributed by atoms with Crippen molar-refractivity contribution in [2.75, 3.05) is 6.61 Å². The van der Waals surface area contributed by atoms with Crippen LogP contribution in [0.2, 0.25) is 0 Å². The van der Waals surface area contributed by atoms with Crippen molar-refractivity contribution in [2.45, 2.75) is 19.8 Å². The molecule has 0 saturated carbocycles. The molecule has 0 atom stereocenters. The molecule has 0 saturated heterocycles. The minimum atomic E-state index is -0.306. The lowest BCUT2D eigenvalue weighted by molar-refractivity contribution is -0.137. The Morgan fingerprint density at radius 1 is 1.64 bits per heavy atom. The van der Waals surface area contributed by atoms with Gasteiger partial charge in [-0.25, -0.2) is 4.79 Å². The highest BCUT2D eigenvalue weighted by atomic mass is 16.5. The predicted molar refractivity (Wildman–Crippen MR) is 53.6 cm³/mol. The molecule has 0 aliphatic rings. The monoisotopic (exact) mass is 194 g/mol. The number of rotatable bonds is 5. The van der Waals surface area contributed by atoms with E-state index in [9.17, 15) is 4.79 Å². The Hall–Kier alpha value is -1.51. The van der Waals surface area contributed by atoms with Gasteiger partial charge in [0.25, 0.3) is 0 Å². The average molecular weight is 194 g/mol. The molecule has 76 valence electrons. The van der Waals surface area contributed by atoms with Crippen LogP contribution in [0.1, 0.15) is 25.3 Å². The highest BCUT2D eigenvalue weighted by molar-refractivity contribution is 5.86. The van der Waals surface area contributed by atoms with Crippen LogP contribution in [0.3, 0.4) is 0 Å². The molecule has 1 rings (SSSR count). The predicted octanol–water partition coefficient (Wildman–Crippen LogP) is 2.64. The SMILES string of the molecule is CCCCOC(=O)/C=C\c1ccoc1. The molecule has 0 amide bonds. The average Bonchev–Trinajstić information content (AvgIpc) is 2.68. The van der Waals surface area contributed by atoms with E-state index in [0.29, 0.717) is 6.61 Å². The number of unbranched alkanes of at least 4 members (excludes halogenated alkanes) is 1. The van der Waals surface area contributed by atoms with Crippen molar-refractivity contribution in [3.63, 3.8) is 0 Å². The van der Waals surface area contributed by atoms with Gasteiger partial charge in [0.2, 0.25) is 0 Å². The van der Waals surface area contributed by atoms with Crippen molar-refractivity contribution < 1.29 is 13.9 Å². The van der Waals surface area contributed by atoms with Crippen molar-refractivity contribution in [1.29, 1.82) is 0 Å². The van der Waals surface area contributed by atoms with Gasteiger partial charge in [-0.1, -0.05) is 13.3 Å². The van der Waals surface area contributed by atoms with Crippen LogP contribution in [0.25, 0.3) is 6.08 Å². The number of hydrogen-bond acceptors (Lipinski definition) is 3. The fraction of sp³-hybridized carbons (Fsp3) is 0.364. The lowest BCUT2D eigenvalue weighted by Crippen LogP contribution is -2.01. The highest BCUT2D eigenvalue weighted by Crippen LogP contribution is 2.02. The molecular weight excluding hydrogens is 180 g/mol. The molecule has 0 radical (unpaired) electrons. The maximum absolute atomic E-state index is 11.1. The molecule has 1 aromatic rings. The van der Waals surface area contributed by atoms with Gasteiger partial charge < -0.3 is 9.15 Å². The fourth-order valence-corrected chi connectivity index (χ4v) is 0.899. The van der Waals surface area contributed by atoms with Gasteiger partial charge >= 0.3 is 5.97 Å². The summed E-state index contributed by atoms with van der Waals surface area (Å²) >= 11 is 0. The highest BCUT2D eigenvalue weighted by Gasteiger charge is 1.95. The summed E-state index contributed by atoms with van der Waals surface area (Å²) in [6.07, 6.45) is 8.13. The second kappa shape index (κ2) is 6.02. The van der Waals surface area contributed by atoms with E-state index in [4.69, 9.17) is 9.15 Å². The Morgan fingerprint density at radius 3 is 3.14 bits per heavy atom. The minimum Gasteiger partial charge on any atom is -0.472 e. The van der Waals surface area contributed by atoms with Crippen LogP contribution in [-0.2, 0) is 9.53 Å². The van der Waals surface area contributed by atoms with Gasteiger partial charge in [0, 0.05) is 11.6 Å². The van der Waals surface area contributed by atoms with Crippen LogP contribution in [0.15, 0.2) is 29.1 Å². The van der Waals surface area contributed by atoms with Crippen molar-refractivity contribution in [3.8, 4) is 0 Å². The molecule has 3 heteroatoms. The van der Waals surface area contributed by atoms with Crippen molar-refractivity contribution in [2.24, 2.45) is 0 Å². The molecule has 0 fully saturated rings. The molecule has 0 aliphatic heterocycles. The number of carbonyl (C=O) groups excluding carboxylic acids is 1. The van der Waals surface area contributed by atoms with Gasteiger partial charge in [0.05, 0.1) is 19.1 Å². The van der Waals surface area contributed by atoms with Crippen LogP contribution >= 0.6 is 0 Å². The third kappa shape index (κ3) is 3.94. The van der Waals surface area contributed by atoms with E-state index in [2.05, 4.69) is 6.92 Å².